The Morgan fingerprint density at radius 3 is 2.14 bits per heavy atom. The first-order valence-electron chi connectivity index (χ1n) is 9.01. The molecule has 1 heterocycles. The Kier molecular flexibility index (Phi) is 4.55. The fourth-order valence-electron chi connectivity index (χ4n) is 3.61. The van der Waals surface area contributed by atoms with Crippen molar-refractivity contribution in [2.75, 3.05) is 4.90 Å². The first-order valence-corrected chi connectivity index (χ1v) is 10.4. The minimum absolute atomic E-state index is 0.0360. The van der Waals surface area contributed by atoms with Crippen LogP contribution in [0, 0.1) is 18.8 Å². The van der Waals surface area contributed by atoms with Gasteiger partial charge in [-0.3, -0.25) is 9.59 Å². The van der Waals surface area contributed by atoms with Crippen LogP contribution in [0.25, 0.3) is 0 Å². The van der Waals surface area contributed by atoms with Gasteiger partial charge in [-0.15, -0.1) is 0 Å². The largest absolute Gasteiger partial charge is 0.379 e. The summed E-state index contributed by atoms with van der Waals surface area (Å²) >= 11 is 0. The standard InChI is InChI=1S/C21H19NO5S/c1-14-9-11-17(12-10-14)28(25,26)27-16-6-4-5-15(13-16)22-20(23)18-7-2-3-8-19(18)21(22)24/h2-6,9-13,18-19H,7-8H2,1H3/t18-,19+. The number of carbonyl (C=O) groups is 2. The van der Waals surface area contributed by atoms with Crippen LogP contribution in [-0.2, 0) is 19.7 Å². The van der Waals surface area contributed by atoms with Crippen molar-refractivity contribution >= 4 is 27.6 Å². The predicted molar refractivity (Wildman–Crippen MR) is 103 cm³/mol. The van der Waals surface area contributed by atoms with E-state index in [1.54, 1.807) is 24.3 Å². The second kappa shape index (κ2) is 6.91. The number of anilines is 1. The van der Waals surface area contributed by atoms with E-state index in [4.69, 9.17) is 4.18 Å². The van der Waals surface area contributed by atoms with Gasteiger partial charge in [0.1, 0.15) is 10.6 Å². The number of aryl methyl sites for hydroxylation is 1. The molecule has 28 heavy (non-hydrogen) atoms. The average molecular weight is 397 g/mol. The number of nitrogens with zero attached hydrogens (tertiary/aromatic N) is 1. The summed E-state index contributed by atoms with van der Waals surface area (Å²) in [5, 5.41) is 0. The lowest BCUT2D eigenvalue weighted by Crippen LogP contribution is -2.30. The SMILES string of the molecule is Cc1ccc(S(=O)(=O)Oc2cccc(N3C(=O)[C@H]4CC=CC[C@H]4C3=O)c2)cc1. The number of fused-ring (bicyclic) bond motifs is 1. The molecule has 1 fully saturated rings. The maximum atomic E-state index is 12.7. The van der Waals surface area contributed by atoms with Gasteiger partial charge in [0.15, 0.2) is 0 Å². The number of hydrogen-bond acceptors (Lipinski definition) is 5. The zero-order valence-electron chi connectivity index (χ0n) is 15.2. The van der Waals surface area contributed by atoms with Gasteiger partial charge in [-0.1, -0.05) is 35.9 Å². The van der Waals surface area contributed by atoms with Crippen molar-refractivity contribution < 1.29 is 22.2 Å². The van der Waals surface area contributed by atoms with Crippen molar-refractivity contribution in [3.05, 3.63) is 66.2 Å². The lowest BCUT2D eigenvalue weighted by Gasteiger charge is -2.16. The van der Waals surface area contributed by atoms with E-state index in [1.165, 1.54) is 24.3 Å². The number of imide groups is 1. The highest BCUT2D eigenvalue weighted by Crippen LogP contribution is 2.38. The predicted octanol–water partition coefficient (Wildman–Crippen LogP) is 3.22. The highest BCUT2D eigenvalue weighted by molar-refractivity contribution is 7.87. The van der Waals surface area contributed by atoms with E-state index in [1.807, 2.05) is 19.1 Å². The highest BCUT2D eigenvalue weighted by atomic mass is 32.2. The number of carbonyl (C=O) groups excluding carboxylic acids is 2. The van der Waals surface area contributed by atoms with Crippen LogP contribution in [0.5, 0.6) is 5.75 Å². The number of hydrogen-bond donors (Lipinski definition) is 0. The molecule has 4 rings (SSSR count). The maximum Gasteiger partial charge on any atom is 0.339 e. The van der Waals surface area contributed by atoms with Gasteiger partial charge in [-0.2, -0.15) is 8.42 Å². The molecule has 1 saturated heterocycles. The zero-order valence-corrected chi connectivity index (χ0v) is 16.1. The summed E-state index contributed by atoms with van der Waals surface area (Å²) < 4.78 is 30.2. The van der Waals surface area contributed by atoms with Crippen LogP contribution in [-0.4, -0.2) is 20.2 Å². The summed E-state index contributed by atoms with van der Waals surface area (Å²) in [6.07, 6.45) is 4.93. The van der Waals surface area contributed by atoms with E-state index in [-0.39, 0.29) is 34.3 Å². The van der Waals surface area contributed by atoms with E-state index < -0.39 is 10.1 Å². The van der Waals surface area contributed by atoms with Gasteiger partial charge < -0.3 is 4.18 Å². The lowest BCUT2D eigenvalue weighted by atomic mass is 9.85. The van der Waals surface area contributed by atoms with Crippen LogP contribution in [0.2, 0.25) is 0 Å². The Morgan fingerprint density at radius 2 is 1.54 bits per heavy atom. The highest BCUT2D eigenvalue weighted by Gasteiger charge is 2.47. The van der Waals surface area contributed by atoms with Crippen LogP contribution >= 0.6 is 0 Å². The van der Waals surface area contributed by atoms with E-state index in [2.05, 4.69) is 0 Å². The molecule has 0 aromatic heterocycles. The number of amides is 2. The smallest absolute Gasteiger partial charge is 0.339 e. The fourth-order valence-corrected chi connectivity index (χ4v) is 4.53. The summed E-state index contributed by atoms with van der Waals surface area (Å²) in [4.78, 5) is 26.6. The van der Waals surface area contributed by atoms with Crippen LogP contribution in [0.4, 0.5) is 5.69 Å². The Morgan fingerprint density at radius 1 is 0.929 bits per heavy atom. The molecule has 144 valence electrons. The lowest BCUT2D eigenvalue weighted by molar-refractivity contribution is -0.122. The van der Waals surface area contributed by atoms with Crippen molar-refractivity contribution in [2.24, 2.45) is 11.8 Å². The van der Waals surface area contributed by atoms with Crippen LogP contribution in [0.3, 0.4) is 0 Å². The summed E-state index contributed by atoms with van der Waals surface area (Å²) in [5.41, 5.74) is 1.25. The topological polar surface area (TPSA) is 80.8 Å². The molecule has 0 bridgehead atoms. The molecular formula is C21H19NO5S. The summed E-state index contributed by atoms with van der Waals surface area (Å²) in [5.74, 6) is -1.15. The first-order chi connectivity index (χ1) is 13.4. The molecule has 1 aliphatic carbocycles. The molecule has 2 aromatic rings. The summed E-state index contributed by atoms with van der Waals surface area (Å²) in [7, 11) is -4.02. The molecule has 6 nitrogen and oxygen atoms in total. The van der Waals surface area contributed by atoms with Gasteiger partial charge in [-0.25, -0.2) is 4.90 Å². The number of rotatable bonds is 4. The normalized spacial score (nSPS) is 21.7. The molecule has 7 heteroatoms. The average Bonchev–Trinajstić information content (AvgIpc) is 2.93. The van der Waals surface area contributed by atoms with Crippen LogP contribution in [0.15, 0.2) is 65.6 Å². The minimum Gasteiger partial charge on any atom is -0.379 e. The fraction of sp³-hybridized carbons (Fsp3) is 0.238. The van der Waals surface area contributed by atoms with Crippen molar-refractivity contribution in [3.63, 3.8) is 0 Å². The second-order valence-electron chi connectivity index (χ2n) is 7.02. The third-order valence-electron chi connectivity index (χ3n) is 5.10. The molecule has 1 aliphatic heterocycles. The van der Waals surface area contributed by atoms with Crippen LogP contribution in [0.1, 0.15) is 18.4 Å². The van der Waals surface area contributed by atoms with Crippen molar-refractivity contribution in [1.82, 2.24) is 0 Å². The van der Waals surface area contributed by atoms with E-state index in [0.717, 1.165) is 10.5 Å². The van der Waals surface area contributed by atoms with Gasteiger partial charge in [-0.05, 0) is 44.0 Å². The molecule has 2 aliphatic rings. The number of benzene rings is 2. The van der Waals surface area contributed by atoms with Gasteiger partial charge >= 0.3 is 10.1 Å². The molecule has 2 atom stereocenters. The monoisotopic (exact) mass is 397 g/mol. The molecule has 0 unspecified atom stereocenters. The summed E-state index contributed by atoms with van der Waals surface area (Å²) in [6, 6.07) is 12.4. The number of allylic oxidation sites excluding steroid dienone is 2. The third kappa shape index (κ3) is 3.22. The molecule has 0 spiro atoms. The van der Waals surface area contributed by atoms with Crippen molar-refractivity contribution in [2.45, 2.75) is 24.7 Å². The van der Waals surface area contributed by atoms with Crippen molar-refractivity contribution in [1.29, 1.82) is 0 Å². The van der Waals surface area contributed by atoms with Gasteiger partial charge in [0.25, 0.3) is 0 Å². The molecule has 0 saturated carbocycles. The zero-order chi connectivity index (χ0) is 19.9. The maximum absolute atomic E-state index is 12.7. The summed E-state index contributed by atoms with van der Waals surface area (Å²) in [6.45, 7) is 1.86. The van der Waals surface area contributed by atoms with Gasteiger partial charge in [0.2, 0.25) is 11.8 Å². The van der Waals surface area contributed by atoms with E-state index in [9.17, 15) is 18.0 Å². The van der Waals surface area contributed by atoms with Gasteiger partial charge in [0.05, 0.1) is 17.5 Å². The quantitative estimate of drug-likeness (QED) is 0.450. The second-order valence-corrected chi connectivity index (χ2v) is 8.56. The van der Waals surface area contributed by atoms with Crippen LogP contribution < -0.4 is 9.08 Å². The molecule has 2 aromatic carbocycles. The van der Waals surface area contributed by atoms with E-state index in [0.29, 0.717) is 18.5 Å². The third-order valence-corrected chi connectivity index (χ3v) is 6.36. The minimum atomic E-state index is -4.02. The molecule has 2 amide bonds. The Hall–Kier alpha value is -2.93. The first kappa shape index (κ1) is 18.4. The molecule has 0 radical (unpaired) electrons. The van der Waals surface area contributed by atoms with Crippen molar-refractivity contribution in [3.8, 4) is 5.75 Å². The van der Waals surface area contributed by atoms with Gasteiger partial charge in [0, 0.05) is 6.07 Å². The Labute approximate surface area is 163 Å². The Balaban J connectivity index is 1.61. The van der Waals surface area contributed by atoms with E-state index >= 15 is 0 Å². The molecular weight excluding hydrogens is 378 g/mol. The Bertz CT molecular complexity index is 1050. The molecule has 0 N–H and O–H groups in total.